The van der Waals surface area contributed by atoms with E-state index in [4.69, 9.17) is 4.74 Å². The lowest BCUT2D eigenvalue weighted by Gasteiger charge is -2.41. The van der Waals surface area contributed by atoms with Crippen LogP contribution in [0.2, 0.25) is 0 Å². The fourth-order valence-corrected chi connectivity index (χ4v) is 9.20. The molecular weight excluding hydrogens is 605 g/mol. The summed E-state index contributed by atoms with van der Waals surface area (Å²) in [7, 11) is 0. The number of benzene rings is 8. The minimum absolute atomic E-state index is 0.465. The van der Waals surface area contributed by atoms with Crippen molar-refractivity contribution in [2.75, 3.05) is 0 Å². The first-order valence-electron chi connectivity index (χ1n) is 17.4. The van der Waals surface area contributed by atoms with Crippen LogP contribution in [0.4, 0.5) is 0 Å². The van der Waals surface area contributed by atoms with Crippen molar-refractivity contribution in [2.24, 2.45) is 0 Å². The average Bonchev–Trinajstić information content (AvgIpc) is 3.50. The summed E-state index contributed by atoms with van der Waals surface area (Å²) in [6.45, 7) is 2.37. The molecule has 0 radical (unpaired) electrons. The predicted molar refractivity (Wildman–Crippen MR) is 205 cm³/mol. The zero-order valence-corrected chi connectivity index (χ0v) is 27.8. The highest BCUT2D eigenvalue weighted by atomic mass is 16.5. The summed E-state index contributed by atoms with van der Waals surface area (Å²) in [6.07, 6.45) is 0. The molecule has 236 valence electrons. The zero-order valence-electron chi connectivity index (χ0n) is 27.8. The summed E-state index contributed by atoms with van der Waals surface area (Å²) < 4.78 is 6.80. The molecule has 0 amide bonds. The Labute approximate surface area is 293 Å². The molecule has 0 bridgehead atoms. The average molecular weight is 639 g/mol. The van der Waals surface area contributed by atoms with Gasteiger partial charge in [0.2, 0.25) is 0 Å². The van der Waals surface area contributed by atoms with E-state index in [1.807, 2.05) is 0 Å². The van der Waals surface area contributed by atoms with Crippen LogP contribution in [-0.2, 0) is 10.8 Å². The summed E-state index contributed by atoms with van der Waals surface area (Å²) in [5.74, 6) is 1.80. The van der Waals surface area contributed by atoms with Crippen LogP contribution in [-0.4, -0.2) is 0 Å². The molecule has 0 aromatic heterocycles. The molecule has 50 heavy (non-hydrogen) atoms. The Balaban J connectivity index is 1.35. The van der Waals surface area contributed by atoms with Gasteiger partial charge in [-0.25, -0.2) is 0 Å². The highest BCUT2D eigenvalue weighted by Crippen LogP contribution is 2.61. The van der Waals surface area contributed by atoms with Crippen LogP contribution in [0.1, 0.15) is 45.9 Å². The van der Waals surface area contributed by atoms with Crippen LogP contribution in [0.5, 0.6) is 11.5 Å². The van der Waals surface area contributed by atoms with Crippen molar-refractivity contribution >= 4 is 10.8 Å². The largest absolute Gasteiger partial charge is 0.457 e. The molecule has 8 aromatic carbocycles. The number of hydrogen-bond donors (Lipinski definition) is 0. The molecule has 1 heteroatoms. The molecule has 0 saturated heterocycles. The van der Waals surface area contributed by atoms with E-state index in [0.717, 1.165) is 11.5 Å². The molecular formula is C49H34O. The van der Waals surface area contributed by atoms with Crippen LogP contribution in [0, 0.1) is 0 Å². The Kier molecular flexibility index (Phi) is 6.29. The molecule has 8 aromatic rings. The van der Waals surface area contributed by atoms with Gasteiger partial charge in [-0.05, 0) is 79.9 Å². The quantitative estimate of drug-likeness (QED) is 0.186. The summed E-state index contributed by atoms with van der Waals surface area (Å²) in [6, 6.07) is 68.8. The molecule has 1 aliphatic heterocycles. The fraction of sp³-hybridized carbons (Fsp3) is 0.0612. The monoisotopic (exact) mass is 638 g/mol. The van der Waals surface area contributed by atoms with Crippen LogP contribution in [0.3, 0.4) is 0 Å². The van der Waals surface area contributed by atoms with Crippen molar-refractivity contribution in [3.05, 3.63) is 227 Å². The van der Waals surface area contributed by atoms with Gasteiger partial charge < -0.3 is 4.74 Å². The molecule has 0 saturated carbocycles. The second-order valence-corrected chi connectivity index (χ2v) is 13.7. The first kappa shape index (κ1) is 28.8. The van der Waals surface area contributed by atoms with Crippen LogP contribution < -0.4 is 4.74 Å². The van der Waals surface area contributed by atoms with E-state index in [1.165, 1.54) is 72.0 Å². The Morgan fingerprint density at radius 1 is 0.360 bits per heavy atom. The molecule has 1 heterocycles. The van der Waals surface area contributed by atoms with Gasteiger partial charge in [-0.1, -0.05) is 176 Å². The van der Waals surface area contributed by atoms with E-state index >= 15 is 0 Å². The normalized spacial score (nSPS) is 18.4. The molecule has 0 fully saturated rings. The minimum atomic E-state index is -0.579. The van der Waals surface area contributed by atoms with Crippen molar-refractivity contribution in [3.8, 4) is 33.8 Å². The van der Waals surface area contributed by atoms with Gasteiger partial charge >= 0.3 is 0 Å². The first-order chi connectivity index (χ1) is 24.7. The standard InChI is InChI=1S/C49H34O/c1-48(34-18-4-2-5-19-34)43-28-14-15-29-44(43)50-45-30-16-25-39(47(45)48)37-23-10-12-26-41(37)49(35-20-6-3-7-21-35)42-27-13-11-24-38(42)40-32-31-33-17-8-9-22-36(33)46(40)49/h2-32H,1H3. The molecule has 1 aliphatic carbocycles. The third-order valence-corrected chi connectivity index (χ3v) is 11.3. The van der Waals surface area contributed by atoms with Gasteiger partial charge in [0, 0.05) is 11.1 Å². The number of hydrogen-bond acceptors (Lipinski definition) is 1. The lowest BCUT2D eigenvalue weighted by atomic mass is 9.63. The summed E-state index contributed by atoms with van der Waals surface area (Å²) >= 11 is 0. The summed E-state index contributed by atoms with van der Waals surface area (Å²) in [5.41, 5.74) is 12.7. The Morgan fingerprint density at radius 3 is 1.60 bits per heavy atom. The Bertz CT molecular complexity index is 2580. The lowest BCUT2D eigenvalue weighted by molar-refractivity contribution is 0.428. The van der Waals surface area contributed by atoms with Crippen molar-refractivity contribution in [3.63, 3.8) is 0 Å². The third kappa shape index (κ3) is 3.83. The van der Waals surface area contributed by atoms with Gasteiger partial charge in [-0.15, -0.1) is 0 Å². The predicted octanol–water partition coefficient (Wildman–Crippen LogP) is 12.3. The van der Waals surface area contributed by atoms with E-state index in [9.17, 15) is 0 Å². The summed E-state index contributed by atoms with van der Waals surface area (Å²) in [5, 5.41) is 2.52. The zero-order chi connectivity index (χ0) is 33.3. The number of para-hydroxylation sites is 1. The van der Waals surface area contributed by atoms with Gasteiger partial charge in [0.05, 0.1) is 10.8 Å². The third-order valence-electron chi connectivity index (χ3n) is 11.3. The second-order valence-electron chi connectivity index (χ2n) is 13.7. The van der Waals surface area contributed by atoms with Gasteiger partial charge in [-0.3, -0.25) is 0 Å². The highest BCUT2D eigenvalue weighted by molar-refractivity contribution is 6.01. The lowest BCUT2D eigenvalue weighted by Crippen LogP contribution is -2.32. The highest BCUT2D eigenvalue weighted by Gasteiger charge is 2.49. The molecule has 2 aliphatic rings. The SMILES string of the molecule is CC1(c2ccccc2)c2ccccc2Oc2cccc(-c3ccccc3C3(c4ccccc4)c4ccccc4-c4ccc5ccccc5c43)c21. The van der Waals surface area contributed by atoms with E-state index in [0.29, 0.717) is 0 Å². The molecule has 10 rings (SSSR count). The van der Waals surface area contributed by atoms with Crippen molar-refractivity contribution in [1.29, 1.82) is 0 Å². The number of ether oxygens (including phenoxy) is 1. The van der Waals surface area contributed by atoms with Crippen molar-refractivity contribution < 1.29 is 4.74 Å². The first-order valence-corrected chi connectivity index (χ1v) is 17.4. The van der Waals surface area contributed by atoms with Gasteiger partial charge in [0.15, 0.2) is 0 Å². The topological polar surface area (TPSA) is 9.23 Å². The Morgan fingerprint density at radius 2 is 0.880 bits per heavy atom. The second kappa shape index (κ2) is 10.9. The van der Waals surface area contributed by atoms with Gasteiger partial charge in [0.1, 0.15) is 11.5 Å². The van der Waals surface area contributed by atoms with Crippen molar-refractivity contribution in [1.82, 2.24) is 0 Å². The molecule has 2 atom stereocenters. The number of fused-ring (bicyclic) bond motifs is 7. The van der Waals surface area contributed by atoms with Crippen molar-refractivity contribution in [2.45, 2.75) is 17.8 Å². The smallest absolute Gasteiger partial charge is 0.132 e. The van der Waals surface area contributed by atoms with E-state index in [2.05, 4.69) is 195 Å². The fourth-order valence-electron chi connectivity index (χ4n) is 9.20. The maximum atomic E-state index is 6.80. The van der Waals surface area contributed by atoms with E-state index in [1.54, 1.807) is 0 Å². The maximum Gasteiger partial charge on any atom is 0.132 e. The summed E-state index contributed by atoms with van der Waals surface area (Å²) in [4.78, 5) is 0. The van der Waals surface area contributed by atoms with Crippen LogP contribution >= 0.6 is 0 Å². The van der Waals surface area contributed by atoms with E-state index in [-0.39, 0.29) is 0 Å². The number of rotatable bonds is 4. The van der Waals surface area contributed by atoms with Crippen LogP contribution in [0.25, 0.3) is 33.0 Å². The maximum absolute atomic E-state index is 6.80. The molecule has 0 spiro atoms. The van der Waals surface area contributed by atoms with E-state index < -0.39 is 10.8 Å². The van der Waals surface area contributed by atoms with Gasteiger partial charge in [0.25, 0.3) is 0 Å². The molecule has 1 nitrogen and oxygen atoms in total. The Hall–Kier alpha value is -6.18. The molecule has 0 N–H and O–H groups in total. The minimum Gasteiger partial charge on any atom is -0.457 e. The molecule has 2 unspecified atom stereocenters. The van der Waals surface area contributed by atoms with Gasteiger partial charge in [-0.2, -0.15) is 0 Å². The van der Waals surface area contributed by atoms with Crippen LogP contribution in [0.15, 0.2) is 188 Å².